The highest BCUT2D eigenvalue weighted by atomic mass is 32.2. The average molecular weight is 348 g/mol. The number of halogens is 1. The van der Waals surface area contributed by atoms with Crippen LogP contribution in [0.4, 0.5) is 4.39 Å². The van der Waals surface area contributed by atoms with Crippen LogP contribution in [0.2, 0.25) is 0 Å². The van der Waals surface area contributed by atoms with Gasteiger partial charge in [-0.3, -0.25) is 0 Å². The number of aromatic nitrogens is 3. The summed E-state index contributed by atoms with van der Waals surface area (Å²) in [6.45, 7) is 3.03. The van der Waals surface area contributed by atoms with E-state index in [9.17, 15) is 4.39 Å². The topological polar surface area (TPSA) is 30.7 Å². The van der Waals surface area contributed by atoms with Crippen molar-refractivity contribution in [3.63, 3.8) is 0 Å². The molecule has 1 aliphatic carbocycles. The Bertz CT molecular complexity index is 650. The zero-order chi connectivity index (χ0) is 16.8. The average Bonchev–Trinajstić information content (AvgIpc) is 3.01. The van der Waals surface area contributed by atoms with Crippen LogP contribution in [-0.2, 0) is 18.7 Å². The Labute approximate surface area is 148 Å². The van der Waals surface area contributed by atoms with Crippen LogP contribution < -0.4 is 0 Å². The van der Waals surface area contributed by atoms with Gasteiger partial charge in [-0.25, -0.2) is 4.39 Å². The van der Waals surface area contributed by atoms with E-state index in [1.165, 1.54) is 44.6 Å². The van der Waals surface area contributed by atoms with Crippen molar-refractivity contribution < 1.29 is 4.39 Å². The van der Waals surface area contributed by atoms with Crippen LogP contribution in [0.5, 0.6) is 0 Å². The third kappa shape index (κ3) is 4.59. The molecule has 0 spiro atoms. The number of hydrogen-bond donors (Lipinski definition) is 0. The number of nitrogens with zero attached hydrogens (tertiary/aromatic N) is 3. The van der Waals surface area contributed by atoms with Crippen LogP contribution >= 0.6 is 11.8 Å². The maximum absolute atomic E-state index is 13.3. The Kier molecular flexibility index (Phi) is 6.30. The van der Waals surface area contributed by atoms with E-state index in [2.05, 4.69) is 21.7 Å². The van der Waals surface area contributed by atoms with E-state index in [0.29, 0.717) is 0 Å². The second-order valence-electron chi connectivity index (χ2n) is 6.60. The molecule has 1 fully saturated rings. The lowest BCUT2D eigenvalue weighted by atomic mass is 9.86. The summed E-state index contributed by atoms with van der Waals surface area (Å²) in [5.41, 5.74) is 0.981. The number of rotatable bonds is 7. The highest BCUT2D eigenvalue weighted by Gasteiger charge is 2.16. The van der Waals surface area contributed by atoms with E-state index < -0.39 is 0 Å². The van der Waals surface area contributed by atoms with Gasteiger partial charge in [-0.15, -0.1) is 10.2 Å². The number of aryl methyl sites for hydroxylation is 1. The summed E-state index contributed by atoms with van der Waals surface area (Å²) < 4.78 is 15.5. The zero-order valence-electron chi connectivity index (χ0n) is 14.4. The van der Waals surface area contributed by atoms with E-state index >= 15 is 0 Å². The quantitative estimate of drug-likeness (QED) is 0.642. The molecule has 0 bridgehead atoms. The minimum absolute atomic E-state index is 0.182. The third-order valence-corrected chi connectivity index (χ3v) is 5.91. The Balaban J connectivity index is 1.59. The summed E-state index contributed by atoms with van der Waals surface area (Å²) in [5, 5.41) is 9.73. The van der Waals surface area contributed by atoms with Gasteiger partial charge >= 0.3 is 0 Å². The molecular formula is C19H26FN3S. The van der Waals surface area contributed by atoms with Gasteiger partial charge in [0.25, 0.3) is 0 Å². The van der Waals surface area contributed by atoms with E-state index in [-0.39, 0.29) is 5.82 Å². The summed E-state index contributed by atoms with van der Waals surface area (Å²) in [6, 6.07) is 6.77. The summed E-state index contributed by atoms with van der Waals surface area (Å²) in [5.74, 6) is 2.51. The first kappa shape index (κ1) is 17.5. The maximum Gasteiger partial charge on any atom is 0.191 e. The second kappa shape index (κ2) is 8.65. The predicted molar refractivity (Wildman–Crippen MR) is 96.6 cm³/mol. The second-order valence-corrected chi connectivity index (χ2v) is 7.55. The van der Waals surface area contributed by atoms with Gasteiger partial charge in [0.15, 0.2) is 5.16 Å². The Morgan fingerprint density at radius 2 is 2.04 bits per heavy atom. The van der Waals surface area contributed by atoms with Crippen molar-refractivity contribution in [1.82, 2.24) is 14.8 Å². The zero-order valence-corrected chi connectivity index (χ0v) is 15.2. The fourth-order valence-corrected chi connectivity index (χ4v) is 4.48. The number of thioether (sulfide) groups is 1. The molecule has 2 aromatic rings. The summed E-state index contributed by atoms with van der Waals surface area (Å²) in [6.07, 6.45) is 9.18. The summed E-state index contributed by atoms with van der Waals surface area (Å²) in [7, 11) is 0. The van der Waals surface area contributed by atoms with E-state index in [0.717, 1.165) is 41.2 Å². The van der Waals surface area contributed by atoms with Crippen molar-refractivity contribution in [1.29, 1.82) is 0 Å². The van der Waals surface area contributed by atoms with Crippen molar-refractivity contribution in [2.75, 3.05) is 0 Å². The first-order valence-electron chi connectivity index (χ1n) is 9.05. The minimum Gasteiger partial charge on any atom is -0.306 e. The van der Waals surface area contributed by atoms with Crippen molar-refractivity contribution in [2.24, 2.45) is 5.92 Å². The fourth-order valence-electron chi connectivity index (χ4n) is 3.51. The molecule has 3 nitrogen and oxygen atoms in total. The smallest absolute Gasteiger partial charge is 0.191 e. The maximum atomic E-state index is 13.3. The van der Waals surface area contributed by atoms with Crippen LogP contribution in [0.1, 0.15) is 56.8 Å². The molecule has 3 rings (SSSR count). The van der Waals surface area contributed by atoms with Gasteiger partial charge in [-0.05, 0) is 37.0 Å². The molecule has 0 aliphatic heterocycles. The molecule has 0 saturated heterocycles. The standard InChI is InChI=1S/C19H26FN3S/c1-2-23-18(12-11-15-7-4-3-5-8-15)21-22-19(23)24-14-16-9-6-10-17(20)13-16/h6,9-10,13,15H,2-5,7-8,11-12,14H2,1H3. The van der Waals surface area contributed by atoms with Gasteiger partial charge in [0.2, 0.25) is 0 Å². The van der Waals surface area contributed by atoms with E-state index in [4.69, 9.17) is 0 Å². The molecule has 0 radical (unpaired) electrons. The molecule has 0 unspecified atom stereocenters. The lowest BCUT2D eigenvalue weighted by Gasteiger charge is -2.21. The molecule has 130 valence electrons. The van der Waals surface area contributed by atoms with Gasteiger partial charge < -0.3 is 4.57 Å². The first-order chi connectivity index (χ1) is 11.8. The van der Waals surface area contributed by atoms with Crippen molar-refractivity contribution in [2.45, 2.75) is 69.3 Å². The molecule has 1 aromatic heterocycles. The normalized spacial score (nSPS) is 15.8. The van der Waals surface area contributed by atoms with Crippen molar-refractivity contribution in [3.05, 3.63) is 41.5 Å². The lowest BCUT2D eigenvalue weighted by molar-refractivity contribution is 0.335. The molecule has 1 heterocycles. The van der Waals surface area contributed by atoms with E-state index in [1.807, 2.05) is 6.07 Å². The first-order valence-corrected chi connectivity index (χ1v) is 10.0. The summed E-state index contributed by atoms with van der Waals surface area (Å²) in [4.78, 5) is 0. The van der Waals surface area contributed by atoms with Crippen LogP contribution in [0.15, 0.2) is 29.4 Å². The molecule has 1 aliphatic rings. The third-order valence-electron chi connectivity index (χ3n) is 4.87. The van der Waals surface area contributed by atoms with Gasteiger partial charge in [-0.2, -0.15) is 0 Å². The molecule has 24 heavy (non-hydrogen) atoms. The van der Waals surface area contributed by atoms with E-state index in [1.54, 1.807) is 23.9 Å². The van der Waals surface area contributed by atoms with Gasteiger partial charge in [-0.1, -0.05) is 56.0 Å². The Hall–Kier alpha value is -1.36. The monoisotopic (exact) mass is 347 g/mol. The lowest BCUT2D eigenvalue weighted by Crippen LogP contribution is -2.10. The largest absolute Gasteiger partial charge is 0.306 e. The Morgan fingerprint density at radius 1 is 1.21 bits per heavy atom. The van der Waals surface area contributed by atoms with Crippen LogP contribution in [0, 0.1) is 11.7 Å². The highest BCUT2D eigenvalue weighted by molar-refractivity contribution is 7.98. The molecule has 1 saturated carbocycles. The SMILES string of the molecule is CCn1c(CCC2CCCCC2)nnc1SCc1cccc(F)c1. The molecule has 1 aromatic carbocycles. The van der Waals surface area contributed by atoms with Gasteiger partial charge in [0.1, 0.15) is 11.6 Å². The Morgan fingerprint density at radius 3 is 2.79 bits per heavy atom. The predicted octanol–water partition coefficient (Wildman–Crippen LogP) is 5.24. The number of benzene rings is 1. The van der Waals surface area contributed by atoms with Crippen LogP contribution in [0.3, 0.4) is 0 Å². The fraction of sp³-hybridized carbons (Fsp3) is 0.579. The molecule has 0 amide bonds. The van der Waals surface area contributed by atoms with Gasteiger partial charge in [0.05, 0.1) is 0 Å². The van der Waals surface area contributed by atoms with Crippen LogP contribution in [0.25, 0.3) is 0 Å². The van der Waals surface area contributed by atoms with Crippen molar-refractivity contribution >= 4 is 11.8 Å². The minimum atomic E-state index is -0.182. The van der Waals surface area contributed by atoms with Gasteiger partial charge in [0, 0.05) is 18.7 Å². The molecular weight excluding hydrogens is 321 g/mol. The molecule has 0 N–H and O–H groups in total. The number of hydrogen-bond acceptors (Lipinski definition) is 3. The summed E-state index contributed by atoms with van der Waals surface area (Å²) >= 11 is 1.64. The molecule has 0 atom stereocenters. The molecule has 5 heteroatoms. The van der Waals surface area contributed by atoms with Crippen molar-refractivity contribution in [3.8, 4) is 0 Å². The highest BCUT2D eigenvalue weighted by Crippen LogP contribution is 2.28. The van der Waals surface area contributed by atoms with Crippen LogP contribution in [-0.4, -0.2) is 14.8 Å².